The van der Waals surface area contributed by atoms with Gasteiger partial charge in [-0.05, 0) is 31.2 Å². The van der Waals surface area contributed by atoms with Crippen molar-refractivity contribution in [3.05, 3.63) is 0 Å². The summed E-state index contributed by atoms with van der Waals surface area (Å²) in [4.78, 5) is 0. The molecule has 1 heterocycles. The van der Waals surface area contributed by atoms with Crippen molar-refractivity contribution in [3.63, 3.8) is 0 Å². The van der Waals surface area contributed by atoms with Gasteiger partial charge < -0.3 is 10.4 Å². The monoisotopic (exact) mass is 155 g/mol. The molecule has 11 heavy (non-hydrogen) atoms. The first-order valence-corrected chi connectivity index (χ1v) is 4.76. The van der Waals surface area contributed by atoms with Gasteiger partial charge in [-0.2, -0.15) is 0 Å². The number of fused-ring (bicyclic) bond motifs is 1. The van der Waals surface area contributed by atoms with Crippen molar-refractivity contribution in [2.24, 2.45) is 11.8 Å². The normalized spacial score (nSPS) is 45.0. The van der Waals surface area contributed by atoms with Crippen LogP contribution in [0.4, 0.5) is 0 Å². The fourth-order valence-corrected chi connectivity index (χ4v) is 2.56. The lowest BCUT2D eigenvalue weighted by Crippen LogP contribution is -2.47. The Bertz CT molecular complexity index is 136. The molecule has 0 radical (unpaired) electrons. The van der Waals surface area contributed by atoms with Crippen molar-refractivity contribution in [1.29, 1.82) is 0 Å². The van der Waals surface area contributed by atoms with Crippen LogP contribution in [-0.2, 0) is 0 Å². The van der Waals surface area contributed by atoms with E-state index in [1.807, 2.05) is 0 Å². The summed E-state index contributed by atoms with van der Waals surface area (Å²) < 4.78 is 0. The summed E-state index contributed by atoms with van der Waals surface area (Å²) in [5.41, 5.74) is 0. The minimum atomic E-state index is -0.0611. The molecule has 0 spiro atoms. The number of hydrogen-bond donors (Lipinski definition) is 2. The van der Waals surface area contributed by atoms with Crippen LogP contribution >= 0.6 is 0 Å². The van der Waals surface area contributed by atoms with E-state index < -0.39 is 0 Å². The quantitative estimate of drug-likeness (QED) is 0.541. The first-order chi connectivity index (χ1) is 5.38. The Labute approximate surface area is 68.0 Å². The van der Waals surface area contributed by atoms with Gasteiger partial charge >= 0.3 is 0 Å². The lowest BCUT2D eigenvalue weighted by atomic mass is 9.74. The Morgan fingerprint density at radius 2 is 1.91 bits per heavy atom. The minimum absolute atomic E-state index is 0.0611. The van der Waals surface area contributed by atoms with Crippen molar-refractivity contribution >= 4 is 0 Å². The van der Waals surface area contributed by atoms with E-state index in [0.717, 1.165) is 19.0 Å². The molecule has 1 aliphatic carbocycles. The van der Waals surface area contributed by atoms with Gasteiger partial charge in [0.25, 0.3) is 0 Å². The van der Waals surface area contributed by atoms with Crippen LogP contribution in [0.15, 0.2) is 0 Å². The topological polar surface area (TPSA) is 32.3 Å². The molecule has 0 aromatic carbocycles. The minimum Gasteiger partial charge on any atom is -0.392 e. The van der Waals surface area contributed by atoms with Crippen LogP contribution in [0.3, 0.4) is 0 Å². The number of aliphatic hydroxyl groups excluding tert-OH is 1. The fourth-order valence-electron chi connectivity index (χ4n) is 2.56. The van der Waals surface area contributed by atoms with Crippen LogP contribution in [0.5, 0.6) is 0 Å². The first-order valence-electron chi connectivity index (χ1n) is 4.76. The number of hydrogen-bond acceptors (Lipinski definition) is 2. The van der Waals surface area contributed by atoms with Crippen molar-refractivity contribution in [1.82, 2.24) is 5.32 Å². The van der Waals surface area contributed by atoms with Crippen LogP contribution in [0.2, 0.25) is 0 Å². The predicted molar refractivity (Wildman–Crippen MR) is 44.3 cm³/mol. The van der Waals surface area contributed by atoms with Crippen molar-refractivity contribution < 1.29 is 5.11 Å². The molecule has 1 unspecified atom stereocenters. The summed E-state index contributed by atoms with van der Waals surface area (Å²) in [6, 6.07) is 0. The Morgan fingerprint density at radius 3 is 2.73 bits per heavy atom. The zero-order valence-corrected chi connectivity index (χ0v) is 6.92. The van der Waals surface area contributed by atoms with Crippen molar-refractivity contribution in [2.45, 2.75) is 31.8 Å². The molecule has 64 valence electrons. The Morgan fingerprint density at radius 1 is 1.09 bits per heavy atom. The number of nitrogens with one attached hydrogen (secondary N) is 1. The zero-order chi connectivity index (χ0) is 7.68. The molecule has 0 amide bonds. The highest BCUT2D eigenvalue weighted by molar-refractivity contribution is 4.86. The molecular formula is C9H17NO. The van der Waals surface area contributed by atoms with Crippen LogP contribution in [0, 0.1) is 11.8 Å². The van der Waals surface area contributed by atoms with Crippen LogP contribution < -0.4 is 5.32 Å². The SMILES string of the molecule is OC1CNC[C@H]2CCCC[C@H]12. The van der Waals surface area contributed by atoms with Gasteiger partial charge in [-0.15, -0.1) is 0 Å². The Kier molecular flexibility index (Phi) is 2.14. The van der Waals surface area contributed by atoms with Gasteiger partial charge in [0.2, 0.25) is 0 Å². The second kappa shape index (κ2) is 3.11. The first kappa shape index (κ1) is 7.56. The van der Waals surface area contributed by atoms with Crippen molar-refractivity contribution in [3.8, 4) is 0 Å². The highest BCUT2D eigenvalue weighted by Crippen LogP contribution is 2.33. The second-order valence-electron chi connectivity index (χ2n) is 3.93. The van der Waals surface area contributed by atoms with Crippen LogP contribution in [0.1, 0.15) is 25.7 Å². The lowest BCUT2D eigenvalue weighted by Gasteiger charge is -2.39. The highest BCUT2D eigenvalue weighted by Gasteiger charge is 2.33. The zero-order valence-electron chi connectivity index (χ0n) is 6.92. The number of piperidine rings is 1. The van der Waals surface area contributed by atoms with E-state index in [9.17, 15) is 5.11 Å². The van der Waals surface area contributed by atoms with Gasteiger partial charge in [0.15, 0.2) is 0 Å². The maximum absolute atomic E-state index is 9.64. The van der Waals surface area contributed by atoms with Gasteiger partial charge in [0, 0.05) is 6.54 Å². The largest absolute Gasteiger partial charge is 0.392 e. The summed E-state index contributed by atoms with van der Waals surface area (Å²) >= 11 is 0. The Balaban J connectivity index is 1.99. The maximum Gasteiger partial charge on any atom is 0.0695 e. The molecule has 1 saturated carbocycles. The molecule has 0 aromatic heterocycles. The third-order valence-corrected chi connectivity index (χ3v) is 3.22. The Hall–Kier alpha value is -0.0800. The third-order valence-electron chi connectivity index (χ3n) is 3.22. The molecule has 1 aliphatic heterocycles. The summed E-state index contributed by atoms with van der Waals surface area (Å²) in [5, 5.41) is 12.9. The van der Waals surface area contributed by atoms with Crippen LogP contribution in [0.25, 0.3) is 0 Å². The molecule has 2 heteroatoms. The smallest absolute Gasteiger partial charge is 0.0695 e. The maximum atomic E-state index is 9.64. The molecular weight excluding hydrogens is 138 g/mol. The second-order valence-corrected chi connectivity index (χ2v) is 3.93. The predicted octanol–water partition coefficient (Wildman–Crippen LogP) is 0.757. The molecule has 2 rings (SSSR count). The van der Waals surface area contributed by atoms with E-state index in [0.29, 0.717) is 5.92 Å². The van der Waals surface area contributed by atoms with Crippen LogP contribution in [-0.4, -0.2) is 24.3 Å². The van der Waals surface area contributed by atoms with E-state index in [2.05, 4.69) is 5.32 Å². The average Bonchev–Trinajstić information content (AvgIpc) is 2.06. The summed E-state index contributed by atoms with van der Waals surface area (Å²) in [7, 11) is 0. The van der Waals surface area contributed by atoms with Gasteiger partial charge in [-0.25, -0.2) is 0 Å². The van der Waals surface area contributed by atoms with Gasteiger partial charge in [0.05, 0.1) is 6.10 Å². The summed E-state index contributed by atoms with van der Waals surface area (Å²) in [6.07, 6.45) is 5.23. The molecule has 1 saturated heterocycles. The molecule has 2 fully saturated rings. The van der Waals surface area contributed by atoms with E-state index in [1.165, 1.54) is 25.7 Å². The lowest BCUT2D eigenvalue weighted by molar-refractivity contribution is 0.0227. The van der Waals surface area contributed by atoms with Crippen molar-refractivity contribution in [2.75, 3.05) is 13.1 Å². The van der Waals surface area contributed by atoms with E-state index in [4.69, 9.17) is 0 Å². The van der Waals surface area contributed by atoms with E-state index >= 15 is 0 Å². The number of aliphatic hydroxyl groups is 1. The fraction of sp³-hybridized carbons (Fsp3) is 1.00. The number of β-amino-alcohol motifs (C(OH)–C–C–N with tert-alkyl or cyclic N) is 1. The molecule has 0 aromatic rings. The average molecular weight is 155 g/mol. The highest BCUT2D eigenvalue weighted by atomic mass is 16.3. The standard InChI is InChI=1S/C9H17NO/c11-9-6-10-5-7-3-1-2-4-8(7)9/h7-11H,1-6H2/t7-,8+,9?/m1/s1. The molecule has 2 aliphatic rings. The molecule has 2 N–H and O–H groups in total. The summed E-state index contributed by atoms with van der Waals surface area (Å²) in [6.45, 7) is 1.96. The molecule has 3 atom stereocenters. The third kappa shape index (κ3) is 1.42. The van der Waals surface area contributed by atoms with Gasteiger partial charge in [-0.1, -0.05) is 12.8 Å². The van der Waals surface area contributed by atoms with Gasteiger partial charge in [0.1, 0.15) is 0 Å². The van der Waals surface area contributed by atoms with E-state index in [-0.39, 0.29) is 6.10 Å². The molecule has 2 nitrogen and oxygen atoms in total. The number of rotatable bonds is 0. The summed E-state index contributed by atoms with van der Waals surface area (Å²) in [5.74, 6) is 1.39. The molecule has 0 bridgehead atoms. The van der Waals surface area contributed by atoms with E-state index in [1.54, 1.807) is 0 Å². The van der Waals surface area contributed by atoms with Gasteiger partial charge in [-0.3, -0.25) is 0 Å².